The molecule has 3 rings (SSSR count). The summed E-state index contributed by atoms with van der Waals surface area (Å²) in [6.07, 6.45) is 0. The first-order valence-electron chi connectivity index (χ1n) is 5.35. The minimum atomic E-state index is -0.662. The fourth-order valence-electron chi connectivity index (χ4n) is 1.92. The quantitative estimate of drug-likeness (QED) is 0.392. The van der Waals surface area contributed by atoms with E-state index < -0.39 is 5.63 Å². The third kappa shape index (κ3) is 1.64. The van der Waals surface area contributed by atoms with E-state index in [1.54, 1.807) is 6.07 Å². The van der Waals surface area contributed by atoms with Crippen LogP contribution in [0, 0.1) is 0 Å². The average molecular weight is 240 g/mol. The van der Waals surface area contributed by atoms with Gasteiger partial charge in [0.2, 0.25) is 5.75 Å². The Labute approximate surface area is 101 Å². The van der Waals surface area contributed by atoms with Crippen LogP contribution in [0.5, 0.6) is 5.75 Å². The molecular formula is C14H8O4. The van der Waals surface area contributed by atoms with Crippen molar-refractivity contribution in [2.75, 3.05) is 0 Å². The molecule has 0 bridgehead atoms. The minimum absolute atomic E-state index is 0.104. The average Bonchev–Trinajstić information content (AvgIpc) is 2.38. The molecule has 0 aliphatic heterocycles. The molecule has 0 N–H and O–H groups in total. The van der Waals surface area contributed by atoms with Crippen molar-refractivity contribution in [1.82, 2.24) is 0 Å². The van der Waals surface area contributed by atoms with Crippen molar-refractivity contribution in [3.8, 4) is 5.75 Å². The lowest BCUT2D eigenvalue weighted by Gasteiger charge is -2.02. The number of carbonyl (C=O) groups excluding carboxylic acids is 1. The molecule has 0 saturated carbocycles. The zero-order valence-electron chi connectivity index (χ0n) is 9.25. The first-order chi connectivity index (χ1) is 8.78. The second kappa shape index (κ2) is 4.00. The van der Waals surface area contributed by atoms with Crippen LogP contribution >= 0.6 is 0 Å². The summed E-state index contributed by atoms with van der Waals surface area (Å²) in [4.78, 5) is 21.8. The summed E-state index contributed by atoms with van der Waals surface area (Å²) in [5, 5.41) is 2.72. The Morgan fingerprint density at radius 2 is 1.72 bits per heavy atom. The largest absolute Gasteiger partial charge is 0.421 e. The van der Waals surface area contributed by atoms with Gasteiger partial charge in [-0.25, -0.2) is 4.79 Å². The van der Waals surface area contributed by atoms with Crippen LogP contribution in [-0.2, 0) is 4.79 Å². The van der Waals surface area contributed by atoms with Crippen LogP contribution in [0.15, 0.2) is 51.7 Å². The van der Waals surface area contributed by atoms with E-state index in [1.807, 2.05) is 30.3 Å². The third-order valence-corrected chi connectivity index (χ3v) is 2.74. The number of ether oxygens (including phenoxy) is 1. The van der Waals surface area contributed by atoms with E-state index in [2.05, 4.69) is 4.74 Å². The number of benzene rings is 2. The highest BCUT2D eigenvalue weighted by atomic mass is 16.5. The molecule has 1 aromatic heterocycles. The van der Waals surface area contributed by atoms with Crippen LogP contribution in [0.1, 0.15) is 0 Å². The molecule has 2 aromatic carbocycles. The van der Waals surface area contributed by atoms with E-state index in [-0.39, 0.29) is 12.2 Å². The van der Waals surface area contributed by atoms with Crippen molar-refractivity contribution in [3.05, 3.63) is 52.9 Å². The lowest BCUT2D eigenvalue weighted by atomic mass is 10.1. The van der Waals surface area contributed by atoms with E-state index in [4.69, 9.17) is 4.42 Å². The molecule has 0 aliphatic carbocycles. The summed E-state index contributed by atoms with van der Waals surface area (Å²) in [6.45, 7) is 0.207. The molecule has 4 heteroatoms. The molecule has 3 aromatic rings. The molecule has 0 aliphatic rings. The number of carbonyl (C=O) groups is 1. The summed E-state index contributed by atoms with van der Waals surface area (Å²) in [5.74, 6) is -0.104. The SMILES string of the molecule is O=COc1cc2cc3ccccc3cc2oc1=O. The Morgan fingerprint density at radius 1 is 1.00 bits per heavy atom. The maximum Gasteiger partial charge on any atom is 0.379 e. The van der Waals surface area contributed by atoms with Crippen molar-refractivity contribution >= 4 is 28.2 Å². The Kier molecular flexibility index (Phi) is 2.34. The van der Waals surface area contributed by atoms with E-state index in [9.17, 15) is 9.59 Å². The highest BCUT2D eigenvalue weighted by molar-refractivity contribution is 5.95. The zero-order valence-corrected chi connectivity index (χ0v) is 9.25. The summed E-state index contributed by atoms with van der Waals surface area (Å²) in [6, 6.07) is 12.9. The second-order valence-electron chi connectivity index (χ2n) is 3.85. The number of fused-ring (bicyclic) bond motifs is 2. The number of rotatable bonds is 2. The molecule has 0 fully saturated rings. The van der Waals surface area contributed by atoms with Crippen LogP contribution in [0.2, 0.25) is 0 Å². The van der Waals surface area contributed by atoms with Crippen molar-refractivity contribution < 1.29 is 13.9 Å². The van der Waals surface area contributed by atoms with Crippen LogP contribution < -0.4 is 10.4 Å². The predicted molar refractivity (Wildman–Crippen MR) is 66.7 cm³/mol. The van der Waals surface area contributed by atoms with Gasteiger partial charge in [-0.15, -0.1) is 0 Å². The van der Waals surface area contributed by atoms with Gasteiger partial charge in [-0.1, -0.05) is 24.3 Å². The van der Waals surface area contributed by atoms with E-state index in [0.29, 0.717) is 11.0 Å². The molecule has 4 nitrogen and oxygen atoms in total. The highest BCUT2D eigenvalue weighted by Crippen LogP contribution is 2.23. The summed E-state index contributed by atoms with van der Waals surface area (Å²) in [7, 11) is 0. The second-order valence-corrected chi connectivity index (χ2v) is 3.85. The Bertz CT molecular complexity index is 802. The number of hydrogen-bond donors (Lipinski definition) is 0. The molecule has 0 unspecified atom stereocenters. The highest BCUT2D eigenvalue weighted by Gasteiger charge is 2.07. The van der Waals surface area contributed by atoms with E-state index in [1.165, 1.54) is 6.07 Å². The summed E-state index contributed by atoms with van der Waals surface area (Å²) in [5.41, 5.74) is -0.193. The standard InChI is InChI=1S/C14H8O4/c15-8-17-13-7-11-5-9-3-1-2-4-10(9)6-12(11)18-14(13)16/h1-8H. The van der Waals surface area contributed by atoms with Gasteiger partial charge in [0.15, 0.2) is 0 Å². The Hall–Kier alpha value is -2.62. The molecule has 0 saturated heterocycles. The fraction of sp³-hybridized carbons (Fsp3) is 0. The molecule has 0 spiro atoms. The van der Waals surface area contributed by atoms with Gasteiger partial charge >= 0.3 is 5.63 Å². The fourth-order valence-corrected chi connectivity index (χ4v) is 1.92. The Balaban J connectivity index is 2.36. The van der Waals surface area contributed by atoms with Gasteiger partial charge in [-0.2, -0.15) is 0 Å². The first-order valence-corrected chi connectivity index (χ1v) is 5.35. The van der Waals surface area contributed by atoms with Crippen LogP contribution in [0.3, 0.4) is 0 Å². The smallest absolute Gasteiger partial charge is 0.379 e. The Morgan fingerprint density at radius 3 is 2.44 bits per heavy atom. The molecule has 18 heavy (non-hydrogen) atoms. The summed E-state index contributed by atoms with van der Waals surface area (Å²) >= 11 is 0. The summed E-state index contributed by atoms with van der Waals surface area (Å²) < 4.78 is 9.68. The van der Waals surface area contributed by atoms with Gasteiger partial charge in [0.1, 0.15) is 5.58 Å². The van der Waals surface area contributed by atoms with E-state index >= 15 is 0 Å². The van der Waals surface area contributed by atoms with Crippen molar-refractivity contribution in [3.63, 3.8) is 0 Å². The first kappa shape index (κ1) is 10.5. The van der Waals surface area contributed by atoms with Crippen LogP contribution in [-0.4, -0.2) is 6.47 Å². The van der Waals surface area contributed by atoms with Crippen LogP contribution in [0.4, 0.5) is 0 Å². The predicted octanol–water partition coefficient (Wildman–Crippen LogP) is 2.48. The van der Waals surface area contributed by atoms with Gasteiger partial charge < -0.3 is 9.15 Å². The van der Waals surface area contributed by atoms with Crippen molar-refractivity contribution in [2.24, 2.45) is 0 Å². The third-order valence-electron chi connectivity index (χ3n) is 2.74. The van der Waals surface area contributed by atoms with Crippen LogP contribution in [0.25, 0.3) is 21.7 Å². The normalized spacial score (nSPS) is 10.7. The van der Waals surface area contributed by atoms with Gasteiger partial charge in [-0.05, 0) is 29.0 Å². The minimum Gasteiger partial charge on any atom is -0.421 e. The van der Waals surface area contributed by atoms with Gasteiger partial charge in [0, 0.05) is 5.39 Å². The maximum absolute atomic E-state index is 11.5. The van der Waals surface area contributed by atoms with Gasteiger partial charge in [-0.3, -0.25) is 4.79 Å². The lowest BCUT2D eigenvalue weighted by molar-refractivity contribution is -0.120. The molecule has 0 amide bonds. The zero-order chi connectivity index (χ0) is 12.5. The molecule has 88 valence electrons. The maximum atomic E-state index is 11.5. The van der Waals surface area contributed by atoms with E-state index in [0.717, 1.165) is 10.8 Å². The number of hydrogen-bond acceptors (Lipinski definition) is 4. The van der Waals surface area contributed by atoms with Crippen molar-refractivity contribution in [1.29, 1.82) is 0 Å². The van der Waals surface area contributed by atoms with Crippen molar-refractivity contribution in [2.45, 2.75) is 0 Å². The van der Waals surface area contributed by atoms with Gasteiger partial charge in [0.05, 0.1) is 0 Å². The monoisotopic (exact) mass is 240 g/mol. The van der Waals surface area contributed by atoms with Gasteiger partial charge in [0.25, 0.3) is 6.47 Å². The molecule has 1 heterocycles. The molecular weight excluding hydrogens is 232 g/mol. The topological polar surface area (TPSA) is 56.5 Å². The molecule has 0 radical (unpaired) electrons. The molecule has 0 atom stereocenters. The lowest BCUT2D eigenvalue weighted by Crippen LogP contribution is -2.04.